The largest absolute Gasteiger partial charge is 0.391 e. The third-order valence-corrected chi connectivity index (χ3v) is 6.15. The van der Waals surface area contributed by atoms with Crippen LogP contribution in [0, 0.1) is 0 Å². The van der Waals surface area contributed by atoms with Crippen molar-refractivity contribution in [3.63, 3.8) is 0 Å². The van der Waals surface area contributed by atoms with Crippen LogP contribution in [-0.4, -0.2) is 49.2 Å². The van der Waals surface area contributed by atoms with Crippen LogP contribution in [0.5, 0.6) is 0 Å². The summed E-state index contributed by atoms with van der Waals surface area (Å²) in [6.07, 6.45) is 4.09. The van der Waals surface area contributed by atoms with E-state index in [1.807, 2.05) is 43.4 Å². The molecule has 1 aliphatic rings. The lowest BCUT2D eigenvalue weighted by Crippen LogP contribution is -2.46. The Kier molecular flexibility index (Phi) is 10.7. The summed E-state index contributed by atoms with van der Waals surface area (Å²) in [5.74, 6) is 0. The predicted octanol–water partition coefficient (Wildman–Crippen LogP) is 4.48. The van der Waals surface area contributed by atoms with E-state index in [0.29, 0.717) is 19.8 Å². The lowest BCUT2D eigenvalue weighted by atomic mass is 10.1. The number of hydrogen-bond acceptors (Lipinski definition) is 5. The summed E-state index contributed by atoms with van der Waals surface area (Å²) < 4.78 is 18.9. The molecule has 1 saturated carbocycles. The highest BCUT2D eigenvalue weighted by atomic mass is 16.6. The first-order chi connectivity index (χ1) is 15.7. The third kappa shape index (κ3) is 7.68. The molecule has 0 saturated heterocycles. The van der Waals surface area contributed by atoms with Crippen LogP contribution in [-0.2, 0) is 27.4 Å². The van der Waals surface area contributed by atoms with Crippen LogP contribution in [0.25, 0.3) is 0 Å². The Morgan fingerprint density at radius 1 is 0.875 bits per heavy atom. The Morgan fingerprint density at radius 2 is 1.47 bits per heavy atom. The van der Waals surface area contributed by atoms with Gasteiger partial charge < -0.3 is 24.6 Å². The molecule has 5 heteroatoms. The topological polar surface area (TPSA) is 60.0 Å². The van der Waals surface area contributed by atoms with Gasteiger partial charge in [-0.15, -0.1) is 0 Å². The average Bonchev–Trinajstić information content (AvgIpc) is 3.18. The molecule has 2 aromatic rings. The molecule has 3 rings (SSSR count). The van der Waals surface area contributed by atoms with E-state index in [-0.39, 0.29) is 24.4 Å². The molecular formula is C27H39NO4. The Labute approximate surface area is 193 Å². The van der Waals surface area contributed by atoms with E-state index in [1.54, 1.807) is 0 Å². The van der Waals surface area contributed by atoms with E-state index >= 15 is 0 Å². The van der Waals surface area contributed by atoms with E-state index in [4.69, 9.17) is 14.2 Å². The van der Waals surface area contributed by atoms with Crippen LogP contribution in [0.1, 0.15) is 50.2 Å². The van der Waals surface area contributed by atoms with Gasteiger partial charge in [0, 0.05) is 6.42 Å². The van der Waals surface area contributed by atoms with Gasteiger partial charge in [-0.05, 0) is 24.6 Å². The molecule has 32 heavy (non-hydrogen) atoms. The number of ether oxygens (including phenoxy) is 3. The fourth-order valence-electron chi connectivity index (χ4n) is 4.34. The molecule has 0 aliphatic heterocycles. The standard InChI is InChI=1S/C27H39NO4/c1-3-4-7-16-23(29)20-32-27-25(31-19-22-14-10-6-11-15-22)17-24(26(27)28-2)30-18-21-12-8-5-9-13-21/h5-6,8-15,23-29H,3-4,7,16-20H2,1-2H3/t23?,24-,25+,26+,27+/m0/s1. The van der Waals surface area contributed by atoms with Crippen molar-refractivity contribution in [3.05, 3.63) is 71.8 Å². The number of aliphatic hydroxyl groups excluding tert-OH is 1. The lowest BCUT2D eigenvalue weighted by Gasteiger charge is -2.27. The Bertz CT molecular complexity index is 742. The first-order valence-electron chi connectivity index (χ1n) is 12.0. The summed E-state index contributed by atoms with van der Waals surface area (Å²) >= 11 is 0. The van der Waals surface area contributed by atoms with Crippen LogP contribution in [0.3, 0.4) is 0 Å². The van der Waals surface area contributed by atoms with Crippen molar-refractivity contribution in [1.29, 1.82) is 0 Å². The van der Waals surface area contributed by atoms with Crippen molar-refractivity contribution in [2.75, 3.05) is 13.7 Å². The predicted molar refractivity (Wildman–Crippen MR) is 127 cm³/mol. The van der Waals surface area contributed by atoms with E-state index in [2.05, 4.69) is 36.5 Å². The van der Waals surface area contributed by atoms with Crippen LogP contribution < -0.4 is 5.32 Å². The molecule has 5 nitrogen and oxygen atoms in total. The third-order valence-electron chi connectivity index (χ3n) is 6.15. The van der Waals surface area contributed by atoms with Gasteiger partial charge in [0.1, 0.15) is 6.10 Å². The average molecular weight is 442 g/mol. The van der Waals surface area contributed by atoms with Gasteiger partial charge >= 0.3 is 0 Å². The molecule has 5 atom stereocenters. The molecule has 1 aliphatic carbocycles. The van der Waals surface area contributed by atoms with Gasteiger partial charge in [-0.25, -0.2) is 0 Å². The number of aliphatic hydroxyl groups is 1. The van der Waals surface area contributed by atoms with Gasteiger partial charge in [0.05, 0.1) is 44.2 Å². The second kappa shape index (κ2) is 13.7. The summed E-state index contributed by atoms with van der Waals surface area (Å²) in [5, 5.41) is 13.8. The number of unbranched alkanes of at least 4 members (excludes halogenated alkanes) is 2. The minimum absolute atomic E-state index is 0.00216. The zero-order valence-electron chi connectivity index (χ0n) is 19.5. The Hall–Kier alpha value is -1.76. The fourth-order valence-corrected chi connectivity index (χ4v) is 4.34. The molecule has 176 valence electrons. The number of likely N-dealkylation sites (N-methyl/N-ethyl adjacent to an activating group) is 1. The lowest BCUT2D eigenvalue weighted by molar-refractivity contribution is -0.0912. The van der Waals surface area contributed by atoms with Crippen LogP contribution in [0.2, 0.25) is 0 Å². The number of nitrogens with one attached hydrogen (secondary N) is 1. The fraction of sp³-hybridized carbons (Fsp3) is 0.556. The van der Waals surface area contributed by atoms with Crippen molar-refractivity contribution in [2.45, 2.75) is 82.7 Å². The molecule has 0 spiro atoms. The van der Waals surface area contributed by atoms with Gasteiger partial charge in [-0.1, -0.05) is 86.8 Å². The summed E-state index contributed by atoms with van der Waals surface area (Å²) in [6, 6.07) is 20.4. The van der Waals surface area contributed by atoms with E-state index < -0.39 is 6.10 Å². The van der Waals surface area contributed by atoms with Gasteiger partial charge in [0.15, 0.2) is 0 Å². The zero-order chi connectivity index (χ0) is 22.6. The van der Waals surface area contributed by atoms with Gasteiger partial charge in [0.2, 0.25) is 0 Å². The Morgan fingerprint density at radius 3 is 2.03 bits per heavy atom. The highest BCUT2D eigenvalue weighted by Gasteiger charge is 2.45. The minimum atomic E-state index is -0.446. The first kappa shape index (κ1) is 24.9. The maximum Gasteiger partial charge on any atom is 0.102 e. The molecule has 0 bridgehead atoms. The highest BCUT2D eigenvalue weighted by Crippen LogP contribution is 2.30. The van der Waals surface area contributed by atoms with Gasteiger partial charge in [-0.2, -0.15) is 0 Å². The van der Waals surface area contributed by atoms with Crippen molar-refractivity contribution in [1.82, 2.24) is 5.32 Å². The number of rotatable bonds is 14. The normalized spacial score (nSPS) is 24.0. The van der Waals surface area contributed by atoms with Crippen molar-refractivity contribution in [3.8, 4) is 0 Å². The van der Waals surface area contributed by atoms with Crippen LogP contribution in [0.4, 0.5) is 0 Å². The van der Waals surface area contributed by atoms with Crippen molar-refractivity contribution < 1.29 is 19.3 Å². The quantitative estimate of drug-likeness (QED) is 0.424. The first-order valence-corrected chi connectivity index (χ1v) is 12.0. The van der Waals surface area contributed by atoms with Crippen molar-refractivity contribution >= 4 is 0 Å². The summed E-state index contributed by atoms with van der Waals surface area (Å²) in [6.45, 7) is 3.58. The van der Waals surface area contributed by atoms with E-state index in [9.17, 15) is 5.11 Å². The molecule has 1 unspecified atom stereocenters. The SMILES string of the molecule is CCCCCC(O)CO[C@H]1[C@H](NC)[C@@H](OCc2ccccc2)C[C@H]1OCc1ccccc1. The monoisotopic (exact) mass is 441 g/mol. The van der Waals surface area contributed by atoms with Crippen LogP contribution in [0.15, 0.2) is 60.7 Å². The molecule has 2 N–H and O–H groups in total. The van der Waals surface area contributed by atoms with Gasteiger partial charge in [0.25, 0.3) is 0 Å². The summed E-state index contributed by atoms with van der Waals surface area (Å²) in [4.78, 5) is 0. The van der Waals surface area contributed by atoms with Gasteiger partial charge in [-0.3, -0.25) is 0 Å². The zero-order valence-corrected chi connectivity index (χ0v) is 19.5. The van der Waals surface area contributed by atoms with Crippen LogP contribution >= 0.6 is 0 Å². The smallest absolute Gasteiger partial charge is 0.102 e. The molecule has 0 heterocycles. The maximum atomic E-state index is 10.4. The molecule has 0 amide bonds. The maximum absolute atomic E-state index is 10.4. The number of benzene rings is 2. The molecule has 2 aromatic carbocycles. The molecule has 1 fully saturated rings. The second-order valence-electron chi connectivity index (χ2n) is 8.67. The highest BCUT2D eigenvalue weighted by molar-refractivity contribution is 5.14. The molecule has 0 radical (unpaired) electrons. The number of hydrogen-bond donors (Lipinski definition) is 2. The molecule has 0 aromatic heterocycles. The second-order valence-corrected chi connectivity index (χ2v) is 8.67. The summed E-state index contributed by atoms with van der Waals surface area (Å²) in [7, 11) is 1.94. The van der Waals surface area contributed by atoms with E-state index in [0.717, 1.165) is 43.2 Å². The molecular weight excluding hydrogens is 402 g/mol. The van der Waals surface area contributed by atoms with Crippen molar-refractivity contribution in [2.24, 2.45) is 0 Å². The van der Waals surface area contributed by atoms with E-state index in [1.165, 1.54) is 0 Å². The Balaban J connectivity index is 1.61. The minimum Gasteiger partial charge on any atom is -0.391 e. The summed E-state index contributed by atoms with van der Waals surface area (Å²) in [5.41, 5.74) is 2.29.